The highest BCUT2D eigenvalue weighted by Crippen LogP contribution is 2.32. The van der Waals surface area contributed by atoms with Gasteiger partial charge in [0.05, 0.1) is 12.7 Å². The maximum Gasteiger partial charge on any atom is 0.0720 e. The first-order valence-corrected chi connectivity index (χ1v) is 8.64. The predicted octanol–water partition coefficient (Wildman–Crippen LogP) is 3.61. The van der Waals surface area contributed by atoms with E-state index in [-0.39, 0.29) is 6.10 Å². The van der Waals surface area contributed by atoms with Gasteiger partial charge in [-0.1, -0.05) is 18.1 Å². The minimum absolute atomic E-state index is 0.277. The van der Waals surface area contributed by atoms with Crippen LogP contribution in [0, 0.1) is 11.2 Å². The monoisotopic (exact) mass is 250 g/mol. The Morgan fingerprint density at radius 3 is 2.18 bits per heavy atom. The third-order valence-electron chi connectivity index (χ3n) is 2.04. The van der Waals surface area contributed by atoms with Crippen LogP contribution in [-0.2, 0) is 11.3 Å². The van der Waals surface area contributed by atoms with Crippen molar-refractivity contribution >= 4 is 10.0 Å². The van der Waals surface area contributed by atoms with Crippen molar-refractivity contribution in [2.24, 2.45) is 0 Å². The van der Waals surface area contributed by atoms with Crippen molar-refractivity contribution in [2.45, 2.75) is 26.6 Å². The maximum absolute atomic E-state index is 5.55. The molecular weight excluding hydrogens is 228 g/mol. The van der Waals surface area contributed by atoms with Crippen LogP contribution >= 0.6 is 10.0 Å². The van der Waals surface area contributed by atoms with Crippen LogP contribution in [0.5, 0.6) is 0 Å². The first-order chi connectivity index (χ1) is 7.87. The molecule has 17 heavy (non-hydrogen) atoms. The molecule has 1 aromatic rings. The molecular formula is C15H22OS. The van der Waals surface area contributed by atoms with Crippen molar-refractivity contribution in [3.05, 3.63) is 35.4 Å². The van der Waals surface area contributed by atoms with Gasteiger partial charge in [0.2, 0.25) is 0 Å². The van der Waals surface area contributed by atoms with Crippen molar-refractivity contribution in [3.63, 3.8) is 0 Å². The van der Waals surface area contributed by atoms with Crippen LogP contribution in [0.2, 0.25) is 0 Å². The molecule has 0 heterocycles. The molecule has 2 heteroatoms. The lowest BCUT2D eigenvalue weighted by Crippen LogP contribution is -2.01. The van der Waals surface area contributed by atoms with Crippen LogP contribution in [0.15, 0.2) is 24.3 Å². The van der Waals surface area contributed by atoms with Crippen LogP contribution in [0.1, 0.15) is 25.0 Å². The SMILES string of the molecule is CC(C)OCc1ccc(C#CS(C)(C)C)cc1. The van der Waals surface area contributed by atoms with E-state index in [1.54, 1.807) is 0 Å². The lowest BCUT2D eigenvalue weighted by molar-refractivity contribution is 0.0657. The van der Waals surface area contributed by atoms with Gasteiger partial charge in [0, 0.05) is 5.56 Å². The molecule has 0 aliphatic carbocycles. The van der Waals surface area contributed by atoms with Gasteiger partial charge >= 0.3 is 0 Å². The summed E-state index contributed by atoms with van der Waals surface area (Å²) in [4.78, 5) is 0. The quantitative estimate of drug-likeness (QED) is 0.745. The molecule has 1 aromatic carbocycles. The number of ether oxygens (including phenoxy) is 1. The van der Waals surface area contributed by atoms with E-state index in [1.165, 1.54) is 5.56 Å². The second kappa shape index (κ2) is 6.14. The molecule has 94 valence electrons. The van der Waals surface area contributed by atoms with E-state index in [0.717, 1.165) is 5.56 Å². The molecule has 0 saturated carbocycles. The zero-order valence-corrected chi connectivity index (χ0v) is 12.2. The fourth-order valence-corrected chi connectivity index (χ4v) is 1.58. The predicted molar refractivity (Wildman–Crippen MR) is 78.6 cm³/mol. The minimum Gasteiger partial charge on any atom is -0.374 e. The van der Waals surface area contributed by atoms with Gasteiger partial charge in [-0.2, -0.15) is 10.0 Å². The van der Waals surface area contributed by atoms with E-state index in [4.69, 9.17) is 4.74 Å². The fraction of sp³-hybridized carbons (Fsp3) is 0.467. The topological polar surface area (TPSA) is 9.23 Å². The van der Waals surface area contributed by atoms with Crippen LogP contribution in [0.3, 0.4) is 0 Å². The summed E-state index contributed by atoms with van der Waals surface area (Å²) in [5.74, 6) is 3.22. The zero-order valence-electron chi connectivity index (χ0n) is 11.4. The summed E-state index contributed by atoms with van der Waals surface area (Å²) in [7, 11) is -0.740. The fourth-order valence-electron chi connectivity index (χ4n) is 1.16. The highest BCUT2D eigenvalue weighted by atomic mass is 32.3. The minimum atomic E-state index is -0.740. The summed E-state index contributed by atoms with van der Waals surface area (Å²) in [6.07, 6.45) is 6.87. The molecule has 0 aliphatic rings. The van der Waals surface area contributed by atoms with E-state index in [9.17, 15) is 0 Å². The molecule has 0 unspecified atom stereocenters. The Morgan fingerprint density at radius 2 is 1.71 bits per heavy atom. The largest absolute Gasteiger partial charge is 0.374 e. The van der Waals surface area contributed by atoms with E-state index in [1.807, 2.05) is 13.8 Å². The Bertz CT molecular complexity index is 401. The molecule has 0 N–H and O–H groups in total. The van der Waals surface area contributed by atoms with Crippen LogP contribution in [-0.4, -0.2) is 24.9 Å². The smallest absolute Gasteiger partial charge is 0.0720 e. The van der Waals surface area contributed by atoms with E-state index >= 15 is 0 Å². The number of hydrogen-bond donors (Lipinski definition) is 0. The first kappa shape index (κ1) is 14.2. The summed E-state index contributed by atoms with van der Waals surface area (Å²) >= 11 is 0. The Labute approximate surface area is 107 Å². The summed E-state index contributed by atoms with van der Waals surface area (Å²) in [5.41, 5.74) is 2.29. The second-order valence-corrected chi connectivity index (χ2v) is 9.00. The van der Waals surface area contributed by atoms with E-state index in [0.29, 0.717) is 6.61 Å². The van der Waals surface area contributed by atoms with Crippen LogP contribution in [0.25, 0.3) is 0 Å². The van der Waals surface area contributed by atoms with Gasteiger partial charge in [-0.25, -0.2) is 0 Å². The highest BCUT2D eigenvalue weighted by molar-refractivity contribution is 8.35. The molecule has 0 bridgehead atoms. The van der Waals surface area contributed by atoms with Crippen molar-refractivity contribution in [2.75, 3.05) is 18.8 Å². The Kier molecular flexibility index (Phi) is 5.11. The van der Waals surface area contributed by atoms with E-state index in [2.05, 4.69) is 54.2 Å². The third kappa shape index (κ3) is 6.41. The van der Waals surface area contributed by atoms with Crippen molar-refractivity contribution < 1.29 is 4.74 Å². The molecule has 0 amide bonds. The molecule has 0 spiro atoms. The summed E-state index contributed by atoms with van der Waals surface area (Å²) in [6.45, 7) is 4.77. The molecule has 1 nitrogen and oxygen atoms in total. The lowest BCUT2D eigenvalue weighted by atomic mass is 10.1. The number of benzene rings is 1. The molecule has 1 rings (SSSR count). The second-order valence-electron chi connectivity index (χ2n) is 5.12. The standard InChI is InChI=1S/C15H22OS/c1-13(2)16-12-15-8-6-14(7-9-15)10-11-17(3,4)5/h6-9,13H,12H2,1-5H3. The highest BCUT2D eigenvalue weighted by Gasteiger charge is 1.98. The van der Waals surface area contributed by atoms with Gasteiger partial charge in [-0.3, -0.25) is 0 Å². The van der Waals surface area contributed by atoms with Crippen LogP contribution < -0.4 is 0 Å². The maximum atomic E-state index is 5.55. The van der Waals surface area contributed by atoms with Crippen molar-refractivity contribution in [1.29, 1.82) is 0 Å². The number of rotatable bonds is 3. The van der Waals surface area contributed by atoms with Gasteiger partial charge in [-0.05, 0) is 55.6 Å². The molecule has 0 atom stereocenters. The van der Waals surface area contributed by atoms with Gasteiger partial charge < -0.3 is 4.74 Å². The third-order valence-corrected chi connectivity index (χ3v) is 2.75. The van der Waals surface area contributed by atoms with Crippen LogP contribution in [0.4, 0.5) is 0 Å². The number of hydrogen-bond acceptors (Lipinski definition) is 1. The average molecular weight is 250 g/mol. The Morgan fingerprint density at radius 1 is 1.12 bits per heavy atom. The Hall–Kier alpha value is -0.910. The Balaban J connectivity index is 2.64. The van der Waals surface area contributed by atoms with Crippen molar-refractivity contribution in [1.82, 2.24) is 0 Å². The summed E-state index contributed by atoms with van der Waals surface area (Å²) in [5, 5.41) is 3.31. The van der Waals surface area contributed by atoms with Crippen molar-refractivity contribution in [3.8, 4) is 11.2 Å². The molecule has 0 radical (unpaired) electrons. The summed E-state index contributed by atoms with van der Waals surface area (Å²) < 4.78 is 5.55. The lowest BCUT2D eigenvalue weighted by Gasteiger charge is -2.14. The molecule has 0 aromatic heterocycles. The van der Waals surface area contributed by atoms with E-state index < -0.39 is 10.0 Å². The van der Waals surface area contributed by atoms with Gasteiger partial charge in [0.25, 0.3) is 0 Å². The van der Waals surface area contributed by atoms with Gasteiger partial charge in [0.15, 0.2) is 0 Å². The summed E-state index contributed by atoms with van der Waals surface area (Å²) in [6, 6.07) is 8.31. The molecule has 0 saturated heterocycles. The zero-order chi connectivity index (χ0) is 12.9. The van der Waals surface area contributed by atoms with Gasteiger partial charge in [0.1, 0.15) is 0 Å². The average Bonchev–Trinajstić information content (AvgIpc) is 2.24. The first-order valence-electron chi connectivity index (χ1n) is 5.78. The molecule has 0 fully saturated rings. The normalized spacial score (nSPS) is 12.1. The molecule has 0 aliphatic heterocycles. The van der Waals surface area contributed by atoms with Gasteiger partial charge in [-0.15, -0.1) is 0 Å².